The first-order chi connectivity index (χ1) is 8.31. The number of hydrogen-bond acceptors (Lipinski definition) is 3. The lowest BCUT2D eigenvalue weighted by molar-refractivity contribution is 0.447. The minimum absolute atomic E-state index is 0.250. The molecule has 3 nitrogen and oxygen atoms in total. The summed E-state index contributed by atoms with van der Waals surface area (Å²) in [5.41, 5.74) is 6.42. The second-order valence-electron chi connectivity index (χ2n) is 4.36. The van der Waals surface area contributed by atoms with Gasteiger partial charge in [0.2, 0.25) is 0 Å². The van der Waals surface area contributed by atoms with Gasteiger partial charge in [0.1, 0.15) is 11.3 Å². The fraction of sp³-hybridized carbons (Fsp3) is 0.429. The topological polar surface area (TPSA) is 51.2 Å². The Balaban J connectivity index is 1.96. The Morgan fingerprint density at radius 1 is 1.29 bits per heavy atom. The molecular formula is C14H20N2O. The number of hydrogen-bond donors (Lipinski definition) is 2. The van der Waals surface area contributed by atoms with Gasteiger partial charge in [-0.2, -0.15) is 0 Å². The van der Waals surface area contributed by atoms with Crippen LogP contribution in [-0.4, -0.2) is 13.1 Å². The molecule has 0 fully saturated rings. The summed E-state index contributed by atoms with van der Waals surface area (Å²) in [5, 5.41) is 4.61. The molecule has 1 unspecified atom stereocenters. The Kier molecular flexibility index (Phi) is 4.18. The minimum Gasteiger partial charge on any atom is -0.459 e. The van der Waals surface area contributed by atoms with Gasteiger partial charge in [0.05, 0.1) is 6.04 Å². The van der Waals surface area contributed by atoms with Crippen LogP contribution in [0.1, 0.15) is 31.6 Å². The molecule has 0 amide bonds. The van der Waals surface area contributed by atoms with E-state index in [4.69, 9.17) is 10.2 Å². The van der Waals surface area contributed by atoms with E-state index in [1.54, 1.807) is 0 Å². The van der Waals surface area contributed by atoms with Crippen LogP contribution >= 0.6 is 0 Å². The summed E-state index contributed by atoms with van der Waals surface area (Å²) < 4.78 is 5.80. The molecule has 0 aliphatic carbocycles. The third-order valence-electron chi connectivity index (χ3n) is 2.95. The van der Waals surface area contributed by atoms with Crippen molar-refractivity contribution < 1.29 is 4.42 Å². The van der Waals surface area contributed by atoms with Gasteiger partial charge in [-0.3, -0.25) is 0 Å². The maximum Gasteiger partial charge on any atom is 0.134 e. The lowest BCUT2D eigenvalue weighted by Gasteiger charge is -2.10. The van der Waals surface area contributed by atoms with Crippen molar-refractivity contribution in [3.8, 4) is 0 Å². The molecule has 0 saturated heterocycles. The van der Waals surface area contributed by atoms with Gasteiger partial charge in [-0.25, -0.2) is 0 Å². The molecule has 0 saturated carbocycles. The van der Waals surface area contributed by atoms with Gasteiger partial charge in [-0.15, -0.1) is 0 Å². The summed E-state index contributed by atoms with van der Waals surface area (Å²) in [4.78, 5) is 0. The van der Waals surface area contributed by atoms with Gasteiger partial charge < -0.3 is 15.5 Å². The highest BCUT2D eigenvalue weighted by Gasteiger charge is 2.09. The van der Waals surface area contributed by atoms with Crippen molar-refractivity contribution in [3.05, 3.63) is 36.1 Å². The number of benzene rings is 1. The third kappa shape index (κ3) is 3.08. The Morgan fingerprint density at radius 2 is 2.12 bits per heavy atom. The first kappa shape index (κ1) is 12.1. The zero-order valence-electron chi connectivity index (χ0n) is 10.3. The number of fused-ring (bicyclic) bond motifs is 1. The predicted octanol–water partition coefficient (Wildman–Crippen LogP) is 2.82. The van der Waals surface area contributed by atoms with E-state index in [1.165, 1.54) is 0 Å². The van der Waals surface area contributed by atoms with Crippen molar-refractivity contribution >= 4 is 11.0 Å². The van der Waals surface area contributed by atoms with Crippen molar-refractivity contribution in [2.45, 2.75) is 25.8 Å². The molecule has 0 spiro atoms. The molecule has 1 heterocycles. The maximum absolute atomic E-state index is 5.80. The predicted molar refractivity (Wildman–Crippen MR) is 70.9 cm³/mol. The number of unbranched alkanes of at least 4 members (excludes halogenated alkanes) is 1. The smallest absolute Gasteiger partial charge is 0.134 e. The van der Waals surface area contributed by atoms with E-state index in [-0.39, 0.29) is 6.04 Å². The van der Waals surface area contributed by atoms with Crippen molar-refractivity contribution in [1.29, 1.82) is 0 Å². The molecule has 0 radical (unpaired) electrons. The molecule has 17 heavy (non-hydrogen) atoms. The van der Waals surface area contributed by atoms with E-state index >= 15 is 0 Å². The molecule has 0 bridgehead atoms. The Morgan fingerprint density at radius 3 is 2.88 bits per heavy atom. The fourth-order valence-electron chi connectivity index (χ4n) is 1.90. The summed E-state index contributed by atoms with van der Waals surface area (Å²) >= 11 is 0. The summed E-state index contributed by atoms with van der Waals surface area (Å²) in [6.45, 7) is 3.87. The van der Waals surface area contributed by atoms with Crippen LogP contribution in [0, 0.1) is 0 Å². The number of furan rings is 1. The number of para-hydroxylation sites is 1. The average Bonchev–Trinajstić information content (AvgIpc) is 2.78. The summed E-state index contributed by atoms with van der Waals surface area (Å²) in [6.07, 6.45) is 2.18. The summed E-state index contributed by atoms with van der Waals surface area (Å²) in [5.74, 6) is 0.999. The van der Waals surface area contributed by atoms with E-state index in [1.807, 2.05) is 18.2 Å². The zero-order chi connectivity index (χ0) is 12.1. The molecule has 3 N–H and O–H groups in total. The first-order valence-electron chi connectivity index (χ1n) is 6.23. The van der Waals surface area contributed by atoms with Crippen molar-refractivity contribution in [3.63, 3.8) is 0 Å². The normalized spacial score (nSPS) is 13.1. The second kappa shape index (κ2) is 5.84. The van der Waals surface area contributed by atoms with Crippen LogP contribution in [0.4, 0.5) is 0 Å². The van der Waals surface area contributed by atoms with Crippen molar-refractivity contribution in [2.75, 3.05) is 13.1 Å². The van der Waals surface area contributed by atoms with Gasteiger partial charge in [0.15, 0.2) is 0 Å². The summed E-state index contributed by atoms with van der Waals surface area (Å²) in [7, 11) is 0. The van der Waals surface area contributed by atoms with E-state index in [2.05, 4.69) is 24.4 Å². The molecule has 1 atom stereocenters. The standard InChI is InChI=1S/C14H20N2O/c1-11(16-9-5-4-8-15)14-10-12-6-2-3-7-13(12)17-14/h2-3,6-7,10-11,16H,4-5,8-9,15H2,1H3. The molecule has 0 aliphatic rings. The van der Waals surface area contributed by atoms with Crippen molar-refractivity contribution in [2.24, 2.45) is 5.73 Å². The van der Waals surface area contributed by atoms with Crippen LogP contribution in [0.15, 0.2) is 34.7 Å². The van der Waals surface area contributed by atoms with Crippen molar-refractivity contribution in [1.82, 2.24) is 5.32 Å². The monoisotopic (exact) mass is 232 g/mol. The molecule has 92 valence electrons. The minimum atomic E-state index is 0.250. The second-order valence-corrected chi connectivity index (χ2v) is 4.36. The van der Waals surface area contributed by atoms with E-state index < -0.39 is 0 Å². The number of nitrogens with two attached hydrogens (primary N) is 1. The average molecular weight is 232 g/mol. The molecule has 2 aromatic rings. The lowest BCUT2D eigenvalue weighted by Crippen LogP contribution is -2.20. The first-order valence-corrected chi connectivity index (χ1v) is 6.23. The SMILES string of the molecule is CC(NCCCCN)c1cc2ccccc2o1. The van der Waals surface area contributed by atoms with Gasteiger partial charge in [-0.05, 0) is 45.0 Å². The number of nitrogens with one attached hydrogen (secondary N) is 1. The third-order valence-corrected chi connectivity index (χ3v) is 2.95. The van der Waals surface area contributed by atoms with Crippen LogP contribution in [0.5, 0.6) is 0 Å². The Labute approximate surface area is 102 Å². The van der Waals surface area contributed by atoms with Gasteiger partial charge in [-0.1, -0.05) is 18.2 Å². The highest BCUT2D eigenvalue weighted by molar-refractivity contribution is 5.77. The van der Waals surface area contributed by atoms with Crippen LogP contribution in [0.2, 0.25) is 0 Å². The van der Waals surface area contributed by atoms with Crippen LogP contribution in [-0.2, 0) is 0 Å². The maximum atomic E-state index is 5.80. The highest BCUT2D eigenvalue weighted by Crippen LogP contribution is 2.23. The quantitative estimate of drug-likeness (QED) is 0.753. The fourth-order valence-corrected chi connectivity index (χ4v) is 1.90. The van der Waals surface area contributed by atoms with Crippen LogP contribution in [0.3, 0.4) is 0 Å². The molecule has 1 aromatic heterocycles. The molecule has 0 aliphatic heterocycles. The van der Waals surface area contributed by atoms with Gasteiger partial charge in [0.25, 0.3) is 0 Å². The van der Waals surface area contributed by atoms with E-state index in [0.29, 0.717) is 0 Å². The summed E-state index contributed by atoms with van der Waals surface area (Å²) in [6, 6.07) is 10.5. The van der Waals surface area contributed by atoms with E-state index in [9.17, 15) is 0 Å². The zero-order valence-corrected chi connectivity index (χ0v) is 10.3. The van der Waals surface area contributed by atoms with Gasteiger partial charge >= 0.3 is 0 Å². The van der Waals surface area contributed by atoms with E-state index in [0.717, 1.165) is 42.7 Å². The largest absolute Gasteiger partial charge is 0.459 e. The lowest BCUT2D eigenvalue weighted by atomic mass is 10.2. The molecule has 3 heteroatoms. The van der Waals surface area contributed by atoms with Crippen LogP contribution < -0.4 is 11.1 Å². The molecule has 2 rings (SSSR count). The Bertz CT molecular complexity index is 431. The molecular weight excluding hydrogens is 212 g/mol. The van der Waals surface area contributed by atoms with Crippen LogP contribution in [0.25, 0.3) is 11.0 Å². The number of rotatable bonds is 6. The Hall–Kier alpha value is -1.32. The molecule has 1 aromatic carbocycles. The van der Waals surface area contributed by atoms with Gasteiger partial charge in [0, 0.05) is 5.39 Å². The highest BCUT2D eigenvalue weighted by atomic mass is 16.3.